The molecule has 2 heteroatoms. The highest BCUT2D eigenvalue weighted by atomic mass is 14.9. The lowest BCUT2D eigenvalue weighted by Gasteiger charge is -2.07. The first kappa shape index (κ1) is 19.4. The molecule has 0 bridgehead atoms. The van der Waals surface area contributed by atoms with E-state index in [-0.39, 0.29) is 0 Å². The van der Waals surface area contributed by atoms with Gasteiger partial charge >= 0.3 is 0 Å². The van der Waals surface area contributed by atoms with Gasteiger partial charge in [0.15, 0.2) is 0 Å². The van der Waals surface area contributed by atoms with Crippen molar-refractivity contribution in [1.82, 2.24) is 9.13 Å². The highest BCUT2D eigenvalue weighted by Gasteiger charge is 2.16. The molecule has 4 aromatic carbocycles. The van der Waals surface area contributed by atoms with Gasteiger partial charge in [0, 0.05) is 57.4 Å². The highest BCUT2D eigenvalue weighted by molar-refractivity contribution is 6.25. The minimum atomic E-state index is 1.14. The van der Waals surface area contributed by atoms with E-state index in [1.807, 2.05) is 0 Å². The van der Waals surface area contributed by atoms with E-state index in [0.29, 0.717) is 0 Å². The zero-order valence-electron chi connectivity index (χ0n) is 19.5. The molecule has 0 spiro atoms. The zero-order valence-corrected chi connectivity index (χ0v) is 19.5. The van der Waals surface area contributed by atoms with Gasteiger partial charge in [0.05, 0.1) is 11.0 Å². The molecule has 0 unspecified atom stereocenters. The SMILES string of the molecule is CCCc1ccc2c(c1)c1ccc3c(ccc4c5cc(CCC)ccc5n(C)c43)c1n2C. The zero-order chi connectivity index (χ0) is 22.0. The molecule has 0 saturated heterocycles. The Morgan fingerprint density at radius 2 is 0.875 bits per heavy atom. The van der Waals surface area contributed by atoms with E-state index < -0.39 is 0 Å². The second-order valence-corrected chi connectivity index (χ2v) is 9.34. The molecule has 2 heterocycles. The quantitative estimate of drug-likeness (QED) is 0.274. The minimum Gasteiger partial charge on any atom is -0.343 e. The molecule has 0 fully saturated rings. The fourth-order valence-corrected chi connectivity index (χ4v) is 5.84. The number of hydrogen-bond acceptors (Lipinski definition) is 0. The first-order chi connectivity index (χ1) is 15.6. The van der Waals surface area contributed by atoms with Crippen LogP contribution in [0.4, 0.5) is 0 Å². The Hall–Kier alpha value is -3.26. The number of hydrogen-bond donors (Lipinski definition) is 0. The Kier molecular flexibility index (Phi) is 4.33. The molecular formula is C30H30N2. The molecule has 0 aliphatic rings. The third kappa shape index (κ3) is 2.59. The average molecular weight is 419 g/mol. The number of fused-ring (bicyclic) bond motifs is 9. The summed E-state index contributed by atoms with van der Waals surface area (Å²) in [5.74, 6) is 0. The van der Waals surface area contributed by atoms with Crippen LogP contribution in [0.25, 0.3) is 54.4 Å². The predicted molar refractivity (Wildman–Crippen MR) is 140 cm³/mol. The van der Waals surface area contributed by atoms with E-state index in [2.05, 4.69) is 97.7 Å². The lowest BCUT2D eigenvalue weighted by Crippen LogP contribution is -1.91. The minimum absolute atomic E-state index is 1.14. The summed E-state index contributed by atoms with van der Waals surface area (Å²) in [6.45, 7) is 4.50. The van der Waals surface area contributed by atoms with Gasteiger partial charge in [0.1, 0.15) is 0 Å². The Bertz CT molecular complexity index is 1530. The fourth-order valence-electron chi connectivity index (χ4n) is 5.84. The van der Waals surface area contributed by atoms with Gasteiger partial charge in [-0.05, 0) is 48.2 Å². The van der Waals surface area contributed by atoms with Crippen LogP contribution in [-0.2, 0) is 26.9 Å². The molecule has 32 heavy (non-hydrogen) atoms. The van der Waals surface area contributed by atoms with E-state index in [1.54, 1.807) is 0 Å². The van der Waals surface area contributed by atoms with Crippen molar-refractivity contribution in [3.05, 3.63) is 71.8 Å². The van der Waals surface area contributed by atoms with Gasteiger partial charge in [-0.25, -0.2) is 0 Å². The molecule has 2 aromatic heterocycles. The summed E-state index contributed by atoms with van der Waals surface area (Å²) in [5.41, 5.74) is 8.16. The second-order valence-electron chi connectivity index (χ2n) is 9.34. The van der Waals surface area contributed by atoms with Crippen LogP contribution in [0.1, 0.15) is 37.8 Å². The number of aryl methyl sites for hydroxylation is 4. The molecule has 6 rings (SSSR count). The van der Waals surface area contributed by atoms with Crippen molar-refractivity contribution in [2.24, 2.45) is 14.1 Å². The van der Waals surface area contributed by atoms with Gasteiger partial charge < -0.3 is 9.13 Å². The Morgan fingerprint density at radius 3 is 1.25 bits per heavy atom. The van der Waals surface area contributed by atoms with Crippen LogP contribution in [-0.4, -0.2) is 9.13 Å². The molecule has 0 aliphatic carbocycles. The fraction of sp³-hybridized carbons (Fsp3) is 0.267. The molecule has 160 valence electrons. The monoisotopic (exact) mass is 418 g/mol. The van der Waals surface area contributed by atoms with E-state index in [0.717, 1.165) is 12.8 Å². The van der Waals surface area contributed by atoms with E-state index in [9.17, 15) is 0 Å². The van der Waals surface area contributed by atoms with E-state index in [1.165, 1.54) is 78.4 Å². The third-order valence-electron chi connectivity index (χ3n) is 7.32. The van der Waals surface area contributed by atoms with Crippen LogP contribution in [0.5, 0.6) is 0 Å². The summed E-state index contributed by atoms with van der Waals surface area (Å²) < 4.78 is 4.77. The Labute approximate surface area is 189 Å². The first-order valence-corrected chi connectivity index (χ1v) is 12.0. The summed E-state index contributed by atoms with van der Waals surface area (Å²) in [4.78, 5) is 0. The van der Waals surface area contributed by atoms with Gasteiger partial charge in [-0.2, -0.15) is 0 Å². The van der Waals surface area contributed by atoms with Gasteiger partial charge in [-0.1, -0.05) is 63.1 Å². The summed E-state index contributed by atoms with van der Waals surface area (Å²) in [6, 6.07) is 23.4. The van der Waals surface area contributed by atoms with Gasteiger partial charge in [-0.15, -0.1) is 0 Å². The second kappa shape index (κ2) is 7.13. The van der Waals surface area contributed by atoms with Crippen molar-refractivity contribution in [2.45, 2.75) is 39.5 Å². The standard InChI is InChI=1S/C30H30N2/c1-5-7-19-9-15-27-25(17-19)23-13-11-22-21(29(23)31(27)3)12-14-24-26-18-20(8-6-2)10-16-28(26)32(4)30(22)24/h9-18H,5-8H2,1-4H3. The van der Waals surface area contributed by atoms with Crippen molar-refractivity contribution < 1.29 is 0 Å². The van der Waals surface area contributed by atoms with Crippen LogP contribution >= 0.6 is 0 Å². The number of aromatic nitrogens is 2. The van der Waals surface area contributed by atoms with E-state index in [4.69, 9.17) is 0 Å². The van der Waals surface area contributed by atoms with Gasteiger partial charge in [-0.3, -0.25) is 0 Å². The predicted octanol–water partition coefficient (Wildman–Crippen LogP) is 8.03. The Balaban J connectivity index is 1.71. The largest absolute Gasteiger partial charge is 0.343 e. The van der Waals surface area contributed by atoms with Crippen molar-refractivity contribution in [3.63, 3.8) is 0 Å². The molecule has 0 radical (unpaired) electrons. The van der Waals surface area contributed by atoms with E-state index >= 15 is 0 Å². The average Bonchev–Trinajstić information content (AvgIpc) is 3.26. The smallest absolute Gasteiger partial charge is 0.0569 e. The molecule has 0 amide bonds. The highest BCUT2D eigenvalue weighted by Crippen LogP contribution is 2.39. The first-order valence-electron chi connectivity index (χ1n) is 12.0. The third-order valence-corrected chi connectivity index (χ3v) is 7.32. The number of nitrogens with zero attached hydrogens (tertiary/aromatic N) is 2. The summed E-state index contributed by atoms with van der Waals surface area (Å²) in [7, 11) is 4.43. The summed E-state index contributed by atoms with van der Waals surface area (Å²) in [6.07, 6.45) is 4.63. The molecular weight excluding hydrogens is 388 g/mol. The van der Waals surface area contributed by atoms with Crippen LogP contribution in [0.3, 0.4) is 0 Å². The van der Waals surface area contributed by atoms with Crippen molar-refractivity contribution in [2.75, 3.05) is 0 Å². The lowest BCUT2D eigenvalue weighted by atomic mass is 10.0. The molecule has 2 nitrogen and oxygen atoms in total. The normalized spacial score (nSPS) is 12.2. The Morgan fingerprint density at radius 1 is 0.500 bits per heavy atom. The summed E-state index contributed by atoms with van der Waals surface area (Å²) in [5, 5.41) is 8.14. The van der Waals surface area contributed by atoms with Crippen molar-refractivity contribution >= 4 is 54.4 Å². The maximum absolute atomic E-state index is 2.40. The van der Waals surface area contributed by atoms with Gasteiger partial charge in [0.25, 0.3) is 0 Å². The van der Waals surface area contributed by atoms with Crippen LogP contribution in [0.2, 0.25) is 0 Å². The number of rotatable bonds is 4. The lowest BCUT2D eigenvalue weighted by molar-refractivity contribution is 0.923. The van der Waals surface area contributed by atoms with Crippen LogP contribution < -0.4 is 0 Å². The topological polar surface area (TPSA) is 9.86 Å². The maximum atomic E-state index is 2.40. The summed E-state index contributed by atoms with van der Waals surface area (Å²) >= 11 is 0. The van der Waals surface area contributed by atoms with Gasteiger partial charge in [0.2, 0.25) is 0 Å². The molecule has 6 aromatic rings. The maximum Gasteiger partial charge on any atom is 0.0569 e. The van der Waals surface area contributed by atoms with Crippen LogP contribution in [0, 0.1) is 0 Å². The molecule has 0 aliphatic heterocycles. The van der Waals surface area contributed by atoms with Crippen molar-refractivity contribution in [1.29, 1.82) is 0 Å². The molecule has 0 N–H and O–H groups in total. The number of benzene rings is 4. The van der Waals surface area contributed by atoms with Crippen molar-refractivity contribution in [3.8, 4) is 0 Å². The molecule has 0 atom stereocenters. The van der Waals surface area contributed by atoms with Crippen LogP contribution in [0.15, 0.2) is 60.7 Å². The molecule has 0 saturated carbocycles.